The second-order valence-corrected chi connectivity index (χ2v) is 9.86. The number of aromatic nitrogens is 3. The molecular formula is C23H15Br2ClN4OS. The number of carbonyl (C=O) groups excluding carboxylic acids is 1. The molecule has 1 aromatic heterocycles. The van der Waals surface area contributed by atoms with Crippen molar-refractivity contribution < 1.29 is 4.79 Å². The molecule has 0 aliphatic heterocycles. The SMILES string of the molecule is O=C(CSc1nnc(-c2ccc(Br)cc2)c(-c2ccc(Br)cc2)n1)Nc1ccc(Cl)cc1. The number of halogens is 3. The monoisotopic (exact) mass is 588 g/mol. The van der Waals surface area contributed by atoms with Gasteiger partial charge in [0.1, 0.15) is 11.4 Å². The maximum absolute atomic E-state index is 12.3. The van der Waals surface area contributed by atoms with Crippen molar-refractivity contribution in [1.82, 2.24) is 15.2 Å². The number of rotatable bonds is 6. The second-order valence-electron chi connectivity index (χ2n) is 6.65. The summed E-state index contributed by atoms with van der Waals surface area (Å²) in [5.41, 5.74) is 3.88. The van der Waals surface area contributed by atoms with Crippen LogP contribution in [-0.2, 0) is 4.79 Å². The molecule has 4 aromatic rings. The molecule has 0 spiro atoms. The van der Waals surface area contributed by atoms with E-state index in [0.717, 1.165) is 20.1 Å². The van der Waals surface area contributed by atoms with Crippen molar-refractivity contribution in [2.24, 2.45) is 0 Å². The van der Waals surface area contributed by atoms with Gasteiger partial charge in [0.2, 0.25) is 11.1 Å². The van der Waals surface area contributed by atoms with Crippen molar-refractivity contribution in [2.75, 3.05) is 11.1 Å². The minimum absolute atomic E-state index is 0.154. The van der Waals surface area contributed by atoms with E-state index in [0.29, 0.717) is 27.3 Å². The van der Waals surface area contributed by atoms with Gasteiger partial charge in [-0.15, -0.1) is 10.2 Å². The summed E-state index contributed by atoms with van der Waals surface area (Å²) in [5, 5.41) is 12.6. The molecule has 160 valence electrons. The molecule has 1 amide bonds. The summed E-state index contributed by atoms with van der Waals surface area (Å²) in [6, 6.07) is 22.6. The molecule has 0 bridgehead atoms. The third-order valence-electron chi connectivity index (χ3n) is 4.36. The highest BCUT2D eigenvalue weighted by atomic mass is 79.9. The molecule has 0 aliphatic carbocycles. The average Bonchev–Trinajstić information content (AvgIpc) is 2.80. The average molecular weight is 591 g/mol. The molecule has 9 heteroatoms. The Morgan fingerprint density at radius 3 is 1.97 bits per heavy atom. The summed E-state index contributed by atoms with van der Waals surface area (Å²) in [4.78, 5) is 17.1. The largest absolute Gasteiger partial charge is 0.325 e. The first-order valence-electron chi connectivity index (χ1n) is 9.43. The number of thioether (sulfide) groups is 1. The van der Waals surface area contributed by atoms with Crippen molar-refractivity contribution >= 4 is 66.8 Å². The lowest BCUT2D eigenvalue weighted by molar-refractivity contribution is -0.113. The van der Waals surface area contributed by atoms with E-state index in [2.05, 4.69) is 47.4 Å². The molecule has 0 radical (unpaired) electrons. The van der Waals surface area contributed by atoms with Crippen LogP contribution in [0.2, 0.25) is 5.02 Å². The highest BCUT2D eigenvalue weighted by Gasteiger charge is 2.15. The summed E-state index contributed by atoms with van der Waals surface area (Å²) < 4.78 is 1.95. The third-order valence-corrected chi connectivity index (χ3v) is 6.51. The van der Waals surface area contributed by atoms with Crippen LogP contribution in [0.25, 0.3) is 22.5 Å². The van der Waals surface area contributed by atoms with Gasteiger partial charge in [0.05, 0.1) is 5.75 Å². The number of nitrogens with one attached hydrogen (secondary N) is 1. The number of nitrogens with zero attached hydrogens (tertiary/aromatic N) is 3. The van der Waals surface area contributed by atoms with Crippen LogP contribution in [0.1, 0.15) is 0 Å². The van der Waals surface area contributed by atoms with Crippen molar-refractivity contribution in [1.29, 1.82) is 0 Å². The first-order chi connectivity index (χ1) is 15.5. The fourth-order valence-corrected chi connectivity index (χ4v) is 4.09. The van der Waals surface area contributed by atoms with Gasteiger partial charge in [-0.1, -0.05) is 79.5 Å². The van der Waals surface area contributed by atoms with Crippen molar-refractivity contribution in [3.8, 4) is 22.5 Å². The van der Waals surface area contributed by atoms with Crippen LogP contribution in [0.15, 0.2) is 86.9 Å². The molecule has 0 unspecified atom stereocenters. The zero-order valence-electron chi connectivity index (χ0n) is 16.4. The Bertz CT molecular complexity index is 1240. The van der Waals surface area contributed by atoms with E-state index in [1.807, 2.05) is 48.5 Å². The third kappa shape index (κ3) is 5.95. The molecule has 0 aliphatic rings. The summed E-state index contributed by atoms with van der Waals surface area (Å²) in [6.07, 6.45) is 0. The Labute approximate surface area is 211 Å². The highest BCUT2D eigenvalue weighted by molar-refractivity contribution is 9.10. The molecule has 1 heterocycles. The number of hydrogen-bond acceptors (Lipinski definition) is 5. The summed E-state index contributed by atoms with van der Waals surface area (Å²) in [6.45, 7) is 0. The van der Waals surface area contributed by atoms with Gasteiger partial charge >= 0.3 is 0 Å². The summed E-state index contributed by atoms with van der Waals surface area (Å²) in [5.74, 6) is -0.00932. The first-order valence-corrected chi connectivity index (χ1v) is 12.4. The lowest BCUT2D eigenvalue weighted by Gasteiger charge is -2.10. The maximum atomic E-state index is 12.3. The fourth-order valence-electron chi connectivity index (χ4n) is 2.84. The van der Waals surface area contributed by atoms with E-state index in [1.54, 1.807) is 24.3 Å². The molecule has 5 nitrogen and oxygen atoms in total. The minimum Gasteiger partial charge on any atom is -0.325 e. The molecule has 1 N–H and O–H groups in total. The number of amides is 1. The molecule has 0 fully saturated rings. The van der Waals surface area contributed by atoms with Crippen molar-refractivity contribution in [3.05, 3.63) is 86.8 Å². The van der Waals surface area contributed by atoms with E-state index < -0.39 is 0 Å². The number of benzene rings is 3. The predicted octanol–water partition coefficient (Wildman–Crippen LogP) is 7.11. The van der Waals surface area contributed by atoms with Gasteiger partial charge in [-0.3, -0.25) is 4.79 Å². The zero-order chi connectivity index (χ0) is 22.5. The number of carbonyl (C=O) groups is 1. The normalized spacial score (nSPS) is 10.7. The molecular weight excluding hydrogens is 576 g/mol. The summed E-state index contributed by atoms with van der Waals surface area (Å²) >= 11 is 14.0. The quantitative estimate of drug-likeness (QED) is 0.242. The van der Waals surface area contributed by atoms with Gasteiger partial charge in [0.15, 0.2) is 0 Å². The van der Waals surface area contributed by atoms with Gasteiger partial charge in [0.25, 0.3) is 0 Å². The van der Waals surface area contributed by atoms with Crippen molar-refractivity contribution in [3.63, 3.8) is 0 Å². The Morgan fingerprint density at radius 1 is 0.812 bits per heavy atom. The number of anilines is 1. The first kappa shape index (κ1) is 22.9. The van der Waals surface area contributed by atoms with Crippen LogP contribution in [0, 0.1) is 0 Å². The van der Waals surface area contributed by atoms with Crippen LogP contribution in [0.3, 0.4) is 0 Å². The van der Waals surface area contributed by atoms with E-state index in [1.165, 1.54) is 11.8 Å². The Kier molecular flexibility index (Phi) is 7.57. The van der Waals surface area contributed by atoms with E-state index in [-0.39, 0.29) is 11.7 Å². The Hall–Kier alpha value is -2.26. The lowest BCUT2D eigenvalue weighted by atomic mass is 10.0. The highest BCUT2D eigenvalue weighted by Crippen LogP contribution is 2.31. The molecule has 0 saturated heterocycles. The van der Waals surface area contributed by atoms with Gasteiger partial charge in [-0.05, 0) is 48.5 Å². The van der Waals surface area contributed by atoms with Crippen LogP contribution < -0.4 is 5.32 Å². The smallest absolute Gasteiger partial charge is 0.234 e. The predicted molar refractivity (Wildman–Crippen MR) is 137 cm³/mol. The van der Waals surface area contributed by atoms with Crippen LogP contribution in [-0.4, -0.2) is 26.8 Å². The van der Waals surface area contributed by atoms with E-state index in [9.17, 15) is 4.79 Å². The maximum Gasteiger partial charge on any atom is 0.234 e. The van der Waals surface area contributed by atoms with Crippen LogP contribution >= 0.6 is 55.2 Å². The standard InChI is InChI=1S/C23H15Br2ClN4OS/c24-16-5-1-14(2-6-16)21-22(15-3-7-17(25)8-4-15)29-30-23(28-21)32-13-20(31)27-19-11-9-18(26)10-12-19/h1-12H,13H2,(H,27,31). The van der Waals surface area contributed by atoms with E-state index >= 15 is 0 Å². The van der Waals surface area contributed by atoms with Crippen molar-refractivity contribution in [2.45, 2.75) is 5.16 Å². The molecule has 4 rings (SSSR count). The molecule has 32 heavy (non-hydrogen) atoms. The van der Waals surface area contributed by atoms with Crippen LogP contribution in [0.4, 0.5) is 5.69 Å². The van der Waals surface area contributed by atoms with Gasteiger partial charge in [-0.25, -0.2) is 4.98 Å². The number of hydrogen-bond donors (Lipinski definition) is 1. The fraction of sp³-hybridized carbons (Fsp3) is 0.0435. The Morgan fingerprint density at radius 2 is 1.38 bits per heavy atom. The molecule has 0 saturated carbocycles. The molecule has 3 aromatic carbocycles. The van der Waals surface area contributed by atoms with Gasteiger partial charge in [0, 0.05) is 30.8 Å². The van der Waals surface area contributed by atoms with Gasteiger partial charge in [-0.2, -0.15) is 0 Å². The Balaban J connectivity index is 1.57. The van der Waals surface area contributed by atoms with E-state index in [4.69, 9.17) is 16.6 Å². The second kappa shape index (κ2) is 10.6. The topological polar surface area (TPSA) is 67.8 Å². The van der Waals surface area contributed by atoms with Crippen LogP contribution in [0.5, 0.6) is 0 Å². The zero-order valence-corrected chi connectivity index (χ0v) is 21.2. The minimum atomic E-state index is -0.164. The molecule has 0 atom stereocenters. The van der Waals surface area contributed by atoms with Gasteiger partial charge < -0.3 is 5.32 Å². The summed E-state index contributed by atoms with van der Waals surface area (Å²) in [7, 11) is 0. The lowest BCUT2D eigenvalue weighted by Crippen LogP contribution is -2.14.